The van der Waals surface area contributed by atoms with E-state index in [1.54, 1.807) is 24.3 Å². The maximum absolute atomic E-state index is 12.5. The van der Waals surface area contributed by atoms with Crippen molar-refractivity contribution in [2.24, 2.45) is 0 Å². The highest BCUT2D eigenvalue weighted by molar-refractivity contribution is 7.14. The normalized spacial score (nSPS) is 13.0. The number of imide groups is 1. The molecule has 6 nitrogen and oxygen atoms in total. The molecule has 29 heavy (non-hydrogen) atoms. The summed E-state index contributed by atoms with van der Waals surface area (Å²) in [4.78, 5) is 42.7. The van der Waals surface area contributed by atoms with Crippen LogP contribution in [0.1, 0.15) is 32.7 Å². The van der Waals surface area contributed by atoms with Gasteiger partial charge < -0.3 is 5.32 Å². The summed E-state index contributed by atoms with van der Waals surface area (Å²) in [7, 11) is 0. The minimum absolute atomic E-state index is 0.00847. The van der Waals surface area contributed by atoms with E-state index in [1.807, 2.05) is 30.5 Å². The van der Waals surface area contributed by atoms with Gasteiger partial charge in [0.05, 0.1) is 16.8 Å². The molecule has 2 aromatic carbocycles. The van der Waals surface area contributed by atoms with Gasteiger partial charge in [0, 0.05) is 28.9 Å². The maximum Gasteiger partial charge on any atom is 0.261 e. The van der Waals surface area contributed by atoms with E-state index in [-0.39, 0.29) is 30.7 Å². The summed E-state index contributed by atoms with van der Waals surface area (Å²) in [6.45, 7) is 1.87. The molecular weight excluding hydrogens is 410 g/mol. The topological polar surface area (TPSA) is 79.4 Å². The van der Waals surface area contributed by atoms with Crippen LogP contribution in [0.2, 0.25) is 5.02 Å². The molecule has 0 saturated carbocycles. The van der Waals surface area contributed by atoms with Crippen molar-refractivity contribution >= 4 is 45.8 Å². The van der Waals surface area contributed by atoms with Crippen LogP contribution in [-0.2, 0) is 4.79 Å². The number of thiazole rings is 1. The Kier molecular flexibility index (Phi) is 5.17. The van der Waals surface area contributed by atoms with Crippen LogP contribution in [-0.4, -0.2) is 34.2 Å². The first-order valence-corrected chi connectivity index (χ1v) is 10.2. The molecule has 0 atom stereocenters. The average Bonchev–Trinajstić information content (AvgIpc) is 3.24. The molecule has 1 N–H and O–H groups in total. The van der Waals surface area contributed by atoms with Crippen LogP contribution in [0.3, 0.4) is 0 Å². The lowest BCUT2D eigenvalue weighted by molar-refractivity contribution is -0.116. The summed E-state index contributed by atoms with van der Waals surface area (Å²) in [6, 6.07) is 12.5. The number of carbonyl (C=O) groups excluding carboxylic acids is 3. The molecule has 0 aliphatic carbocycles. The summed E-state index contributed by atoms with van der Waals surface area (Å²) in [5.41, 5.74) is 3.13. The van der Waals surface area contributed by atoms with E-state index in [2.05, 4.69) is 10.3 Å². The van der Waals surface area contributed by atoms with Crippen molar-refractivity contribution in [1.82, 2.24) is 9.88 Å². The molecule has 0 fully saturated rings. The van der Waals surface area contributed by atoms with Crippen LogP contribution in [0.25, 0.3) is 11.3 Å². The quantitative estimate of drug-likeness (QED) is 0.614. The zero-order valence-electron chi connectivity index (χ0n) is 15.4. The number of rotatable bonds is 5. The predicted molar refractivity (Wildman–Crippen MR) is 112 cm³/mol. The summed E-state index contributed by atoms with van der Waals surface area (Å²) in [5, 5.41) is 5.53. The van der Waals surface area contributed by atoms with Gasteiger partial charge in [0.25, 0.3) is 11.8 Å². The Hall–Kier alpha value is -3.03. The molecule has 0 radical (unpaired) electrons. The smallest absolute Gasteiger partial charge is 0.261 e. The van der Waals surface area contributed by atoms with E-state index in [1.165, 1.54) is 11.3 Å². The van der Waals surface area contributed by atoms with E-state index in [0.29, 0.717) is 27.0 Å². The van der Waals surface area contributed by atoms with Crippen LogP contribution in [0, 0.1) is 6.92 Å². The lowest BCUT2D eigenvalue weighted by atomic mass is 10.1. The number of fused-ring (bicyclic) bond motifs is 1. The molecule has 0 bridgehead atoms. The summed E-state index contributed by atoms with van der Waals surface area (Å²) in [5.74, 6) is -1.05. The summed E-state index contributed by atoms with van der Waals surface area (Å²) >= 11 is 7.46. The molecule has 3 amide bonds. The number of amides is 3. The van der Waals surface area contributed by atoms with E-state index in [4.69, 9.17) is 11.6 Å². The Morgan fingerprint density at radius 3 is 2.66 bits per heavy atom. The lowest BCUT2D eigenvalue weighted by Crippen LogP contribution is -2.32. The number of nitrogens with one attached hydrogen (secondary N) is 1. The molecule has 3 aromatic rings. The third-order valence-corrected chi connectivity index (χ3v) is 5.68. The number of halogens is 1. The van der Waals surface area contributed by atoms with Crippen molar-refractivity contribution in [3.8, 4) is 11.3 Å². The summed E-state index contributed by atoms with van der Waals surface area (Å²) < 4.78 is 0. The Balaban J connectivity index is 1.39. The second-order valence-corrected chi connectivity index (χ2v) is 7.89. The van der Waals surface area contributed by atoms with Crippen molar-refractivity contribution in [3.05, 3.63) is 69.6 Å². The van der Waals surface area contributed by atoms with Gasteiger partial charge in [-0.3, -0.25) is 19.3 Å². The third kappa shape index (κ3) is 3.79. The molecule has 1 aromatic heterocycles. The minimum atomic E-state index is -0.368. The summed E-state index contributed by atoms with van der Waals surface area (Å²) in [6.07, 6.45) is -0.00847. The highest BCUT2D eigenvalue weighted by Crippen LogP contribution is 2.30. The molecule has 0 unspecified atom stereocenters. The molecule has 1 aliphatic rings. The number of nitrogens with zero attached hydrogens (tertiary/aromatic N) is 2. The van der Waals surface area contributed by atoms with E-state index in [0.717, 1.165) is 16.0 Å². The average molecular weight is 426 g/mol. The van der Waals surface area contributed by atoms with Gasteiger partial charge in [0.1, 0.15) is 0 Å². The fraction of sp³-hybridized carbons (Fsp3) is 0.143. The SMILES string of the molecule is Cc1ccc2c(c1)C(=O)N(CCC(=O)Nc1nc(-c3ccccc3Cl)cs1)C2=O. The Bertz CT molecular complexity index is 1140. The first kappa shape index (κ1) is 19.3. The van der Waals surface area contributed by atoms with Gasteiger partial charge in [0.15, 0.2) is 5.13 Å². The molecule has 146 valence electrons. The number of carbonyl (C=O) groups is 3. The van der Waals surface area contributed by atoms with Gasteiger partial charge in [-0.1, -0.05) is 41.4 Å². The molecular formula is C21H16ClN3O3S. The van der Waals surface area contributed by atoms with Crippen molar-refractivity contribution in [3.63, 3.8) is 0 Å². The van der Waals surface area contributed by atoms with Gasteiger partial charge >= 0.3 is 0 Å². The highest BCUT2D eigenvalue weighted by atomic mass is 35.5. The number of benzene rings is 2. The van der Waals surface area contributed by atoms with Crippen LogP contribution >= 0.6 is 22.9 Å². The van der Waals surface area contributed by atoms with E-state index in [9.17, 15) is 14.4 Å². The maximum atomic E-state index is 12.5. The van der Waals surface area contributed by atoms with Crippen LogP contribution < -0.4 is 5.32 Å². The van der Waals surface area contributed by atoms with Gasteiger partial charge in [0.2, 0.25) is 5.91 Å². The Morgan fingerprint density at radius 2 is 1.86 bits per heavy atom. The second-order valence-electron chi connectivity index (χ2n) is 6.63. The van der Waals surface area contributed by atoms with E-state index >= 15 is 0 Å². The lowest BCUT2D eigenvalue weighted by Gasteiger charge is -2.12. The molecule has 0 spiro atoms. The van der Waals surface area contributed by atoms with Crippen molar-refractivity contribution in [1.29, 1.82) is 0 Å². The van der Waals surface area contributed by atoms with E-state index < -0.39 is 0 Å². The Morgan fingerprint density at radius 1 is 1.10 bits per heavy atom. The van der Waals surface area contributed by atoms with Gasteiger partial charge in [-0.15, -0.1) is 11.3 Å². The fourth-order valence-corrected chi connectivity index (χ4v) is 4.09. The van der Waals surface area contributed by atoms with Gasteiger partial charge in [-0.25, -0.2) is 4.98 Å². The molecule has 8 heteroatoms. The molecule has 2 heterocycles. The number of aryl methyl sites for hydroxylation is 1. The van der Waals surface area contributed by atoms with Crippen molar-refractivity contribution in [2.45, 2.75) is 13.3 Å². The van der Waals surface area contributed by atoms with Gasteiger partial charge in [-0.05, 0) is 25.1 Å². The first-order valence-electron chi connectivity index (χ1n) is 8.91. The number of hydrogen-bond acceptors (Lipinski definition) is 5. The van der Waals surface area contributed by atoms with Crippen LogP contribution in [0.5, 0.6) is 0 Å². The van der Waals surface area contributed by atoms with Crippen LogP contribution in [0.4, 0.5) is 5.13 Å². The predicted octanol–water partition coefficient (Wildman–Crippen LogP) is 4.40. The zero-order valence-corrected chi connectivity index (χ0v) is 17.0. The monoisotopic (exact) mass is 425 g/mol. The Labute approximate surface area is 176 Å². The molecule has 0 saturated heterocycles. The number of aromatic nitrogens is 1. The van der Waals surface area contributed by atoms with Gasteiger partial charge in [-0.2, -0.15) is 0 Å². The van der Waals surface area contributed by atoms with Crippen molar-refractivity contribution < 1.29 is 14.4 Å². The second kappa shape index (κ2) is 7.77. The fourth-order valence-electron chi connectivity index (χ4n) is 3.13. The van der Waals surface area contributed by atoms with Crippen LogP contribution in [0.15, 0.2) is 47.8 Å². The highest BCUT2D eigenvalue weighted by Gasteiger charge is 2.35. The minimum Gasteiger partial charge on any atom is -0.302 e. The first-order chi connectivity index (χ1) is 13.9. The third-order valence-electron chi connectivity index (χ3n) is 4.59. The van der Waals surface area contributed by atoms with Crippen molar-refractivity contribution in [2.75, 3.05) is 11.9 Å². The zero-order chi connectivity index (χ0) is 20.5. The molecule has 4 rings (SSSR count). The number of anilines is 1. The number of hydrogen-bond donors (Lipinski definition) is 1. The molecule has 1 aliphatic heterocycles. The largest absolute Gasteiger partial charge is 0.302 e. The standard InChI is InChI=1S/C21H16ClN3O3S/c1-12-6-7-13-15(10-12)20(28)25(19(13)27)9-8-18(26)24-21-23-17(11-29-21)14-4-2-3-5-16(14)22/h2-7,10-11H,8-9H2,1H3,(H,23,24,26).